The number of carbonyl (C=O) groups is 2. The lowest BCUT2D eigenvalue weighted by molar-refractivity contribution is -0.132. The van der Waals surface area contributed by atoms with Gasteiger partial charge in [0.1, 0.15) is 12.4 Å². The van der Waals surface area contributed by atoms with E-state index in [-0.39, 0.29) is 18.9 Å². The number of carbonyl (C=O) groups excluding carboxylic acids is 2. The standard InChI is InChI=1S/C22H26N4O5/c1-3-26(4-2)16-10-9-15(17(27)11-16)12-24-25-21(28)13-23-22(29)20-14-30-18-7-5-6-8-19(18)31-20/h5-12,20,27H,3-4,13-14H2,1-2H3,(H,23,29)(H,25,28)/t20-/m1/s1. The van der Waals surface area contributed by atoms with Gasteiger partial charge in [0.25, 0.3) is 11.8 Å². The minimum atomic E-state index is -0.840. The van der Waals surface area contributed by atoms with Crippen LogP contribution in [0.2, 0.25) is 0 Å². The summed E-state index contributed by atoms with van der Waals surface area (Å²) in [4.78, 5) is 26.3. The van der Waals surface area contributed by atoms with Crippen molar-refractivity contribution in [1.29, 1.82) is 0 Å². The number of ether oxygens (including phenoxy) is 2. The molecule has 3 N–H and O–H groups in total. The lowest BCUT2D eigenvalue weighted by Crippen LogP contribution is -2.46. The largest absolute Gasteiger partial charge is 0.507 e. The first-order chi connectivity index (χ1) is 15.0. The van der Waals surface area contributed by atoms with Crippen molar-refractivity contribution in [2.45, 2.75) is 20.0 Å². The van der Waals surface area contributed by atoms with Crippen LogP contribution in [0.3, 0.4) is 0 Å². The number of nitrogens with zero attached hydrogens (tertiary/aromatic N) is 2. The van der Waals surface area contributed by atoms with Crippen LogP contribution in [-0.4, -0.2) is 55.5 Å². The Labute approximate surface area is 180 Å². The third-order valence-corrected chi connectivity index (χ3v) is 4.76. The third kappa shape index (κ3) is 5.65. The Hall–Kier alpha value is -3.75. The lowest BCUT2D eigenvalue weighted by atomic mass is 10.2. The Balaban J connectivity index is 1.46. The molecule has 1 atom stereocenters. The zero-order chi connectivity index (χ0) is 22.2. The van der Waals surface area contributed by atoms with Gasteiger partial charge in [0.15, 0.2) is 11.5 Å². The summed E-state index contributed by atoms with van der Waals surface area (Å²) in [6.45, 7) is 5.52. The Morgan fingerprint density at radius 2 is 1.94 bits per heavy atom. The van der Waals surface area contributed by atoms with Crippen LogP contribution in [0.4, 0.5) is 5.69 Å². The second-order valence-electron chi connectivity index (χ2n) is 6.79. The van der Waals surface area contributed by atoms with Crippen LogP contribution < -0.4 is 25.1 Å². The molecule has 9 heteroatoms. The molecule has 0 bridgehead atoms. The smallest absolute Gasteiger partial charge is 0.265 e. The number of fused-ring (bicyclic) bond motifs is 1. The lowest BCUT2D eigenvalue weighted by Gasteiger charge is -2.25. The van der Waals surface area contributed by atoms with Crippen LogP contribution in [0.1, 0.15) is 19.4 Å². The summed E-state index contributed by atoms with van der Waals surface area (Å²) in [5, 5.41) is 16.5. The summed E-state index contributed by atoms with van der Waals surface area (Å²) in [5.74, 6) is 0.145. The van der Waals surface area contributed by atoms with E-state index in [1.54, 1.807) is 30.3 Å². The van der Waals surface area contributed by atoms with E-state index in [2.05, 4.69) is 20.7 Å². The maximum Gasteiger partial charge on any atom is 0.265 e. The molecule has 0 saturated carbocycles. The van der Waals surface area contributed by atoms with Crippen molar-refractivity contribution in [3.63, 3.8) is 0 Å². The van der Waals surface area contributed by atoms with Gasteiger partial charge in [-0.05, 0) is 38.1 Å². The van der Waals surface area contributed by atoms with E-state index in [9.17, 15) is 14.7 Å². The highest BCUT2D eigenvalue weighted by molar-refractivity contribution is 5.89. The van der Waals surface area contributed by atoms with E-state index in [4.69, 9.17) is 9.47 Å². The van der Waals surface area contributed by atoms with Gasteiger partial charge in [0.05, 0.1) is 12.8 Å². The summed E-state index contributed by atoms with van der Waals surface area (Å²) < 4.78 is 11.1. The number of phenols is 1. The van der Waals surface area contributed by atoms with Gasteiger partial charge < -0.3 is 24.8 Å². The average Bonchev–Trinajstić information content (AvgIpc) is 2.79. The summed E-state index contributed by atoms with van der Waals surface area (Å²) in [6, 6.07) is 12.3. The summed E-state index contributed by atoms with van der Waals surface area (Å²) >= 11 is 0. The van der Waals surface area contributed by atoms with E-state index in [0.29, 0.717) is 17.1 Å². The third-order valence-electron chi connectivity index (χ3n) is 4.76. The molecular formula is C22H26N4O5. The fourth-order valence-electron chi connectivity index (χ4n) is 3.07. The fourth-order valence-corrected chi connectivity index (χ4v) is 3.07. The highest BCUT2D eigenvalue weighted by atomic mass is 16.6. The molecule has 0 radical (unpaired) electrons. The predicted octanol–water partition coefficient (Wildman–Crippen LogP) is 1.64. The quantitative estimate of drug-likeness (QED) is 0.437. The van der Waals surface area contributed by atoms with Crippen molar-refractivity contribution in [3.8, 4) is 17.2 Å². The number of benzene rings is 2. The van der Waals surface area contributed by atoms with Gasteiger partial charge in [-0.15, -0.1) is 0 Å². The highest BCUT2D eigenvalue weighted by Crippen LogP contribution is 2.30. The van der Waals surface area contributed by atoms with Crippen molar-refractivity contribution in [3.05, 3.63) is 48.0 Å². The molecule has 0 aromatic heterocycles. The number of anilines is 1. The molecule has 0 spiro atoms. The number of hydrazone groups is 1. The minimum absolute atomic E-state index is 0.0606. The fraction of sp³-hybridized carbons (Fsp3) is 0.318. The van der Waals surface area contributed by atoms with Gasteiger partial charge in [0.2, 0.25) is 6.10 Å². The van der Waals surface area contributed by atoms with E-state index in [1.807, 2.05) is 26.0 Å². The first-order valence-electron chi connectivity index (χ1n) is 10.1. The van der Waals surface area contributed by atoms with Gasteiger partial charge in [0, 0.05) is 30.4 Å². The van der Waals surface area contributed by atoms with Crippen LogP contribution in [0.5, 0.6) is 17.2 Å². The molecule has 0 saturated heterocycles. The molecule has 9 nitrogen and oxygen atoms in total. The van der Waals surface area contributed by atoms with Crippen LogP contribution in [0.25, 0.3) is 0 Å². The van der Waals surface area contributed by atoms with Gasteiger partial charge >= 0.3 is 0 Å². The molecule has 1 aliphatic rings. The molecule has 2 amide bonds. The molecule has 1 aliphatic heterocycles. The normalized spacial score (nSPS) is 14.8. The number of aromatic hydroxyl groups is 1. The minimum Gasteiger partial charge on any atom is -0.507 e. The number of para-hydroxylation sites is 2. The molecule has 2 aromatic carbocycles. The van der Waals surface area contributed by atoms with E-state index in [1.165, 1.54) is 6.21 Å². The molecule has 0 unspecified atom stereocenters. The number of nitrogens with one attached hydrogen (secondary N) is 2. The molecule has 1 heterocycles. The molecule has 31 heavy (non-hydrogen) atoms. The number of amides is 2. The van der Waals surface area contributed by atoms with Crippen LogP contribution in [0.15, 0.2) is 47.6 Å². The molecular weight excluding hydrogens is 400 g/mol. The number of rotatable bonds is 8. The maximum atomic E-state index is 12.2. The summed E-state index contributed by atoms with van der Waals surface area (Å²) in [5.41, 5.74) is 3.68. The Morgan fingerprint density at radius 1 is 1.19 bits per heavy atom. The predicted molar refractivity (Wildman–Crippen MR) is 117 cm³/mol. The van der Waals surface area contributed by atoms with Gasteiger partial charge in [-0.25, -0.2) is 5.43 Å². The second kappa shape index (κ2) is 10.3. The number of hydrogen-bond donors (Lipinski definition) is 3. The molecule has 2 aromatic rings. The van der Waals surface area contributed by atoms with Crippen LogP contribution in [-0.2, 0) is 9.59 Å². The molecule has 3 rings (SSSR count). The average molecular weight is 426 g/mol. The Kier molecular flexibility index (Phi) is 7.31. The highest BCUT2D eigenvalue weighted by Gasteiger charge is 2.27. The SMILES string of the molecule is CCN(CC)c1ccc(C=NNC(=O)CNC(=O)[C@H]2COc3ccccc3O2)c(O)c1. The van der Waals surface area contributed by atoms with E-state index in [0.717, 1.165) is 18.8 Å². The van der Waals surface area contributed by atoms with Crippen LogP contribution >= 0.6 is 0 Å². The van der Waals surface area contributed by atoms with E-state index >= 15 is 0 Å². The second-order valence-corrected chi connectivity index (χ2v) is 6.79. The molecule has 0 fully saturated rings. The zero-order valence-electron chi connectivity index (χ0n) is 17.5. The molecule has 164 valence electrons. The Morgan fingerprint density at radius 3 is 2.65 bits per heavy atom. The van der Waals surface area contributed by atoms with E-state index < -0.39 is 17.9 Å². The monoisotopic (exact) mass is 426 g/mol. The van der Waals surface area contributed by atoms with Gasteiger partial charge in [-0.1, -0.05) is 12.1 Å². The summed E-state index contributed by atoms with van der Waals surface area (Å²) in [7, 11) is 0. The van der Waals surface area contributed by atoms with Gasteiger partial charge in [-0.3, -0.25) is 9.59 Å². The first kappa shape index (κ1) is 21.9. The zero-order valence-corrected chi connectivity index (χ0v) is 17.5. The summed E-state index contributed by atoms with van der Waals surface area (Å²) in [6.07, 6.45) is 0.503. The topological polar surface area (TPSA) is 112 Å². The van der Waals surface area contributed by atoms with Crippen molar-refractivity contribution >= 4 is 23.7 Å². The van der Waals surface area contributed by atoms with Crippen LogP contribution in [0, 0.1) is 0 Å². The molecule has 0 aliphatic carbocycles. The number of phenolic OH excluding ortho intramolecular Hbond substituents is 1. The van der Waals surface area contributed by atoms with Crippen molar-refractivity contribution < 1.29 is 24.2 Å². The Bertz CT molecular complexity index is 959. The van der Waals surface area contributed by atoms with Crippen molar-refractivity contribution in [2.75, 3.05) is 31.1 Å². The van der Waals surface area contributed by atoms with Crippen molar-refractivity contribution in [2.24, 2.45) is 5.10 Å². The number of hydrogen-bond acceptors (Lipinski definition) is 7. The van der Waals surface area contributed by atoms with Crippen molar-refractivity contribution in [1.82, 2.24) is 10.7 Å². The first-order valence-corrected chi connectivity index (χ1v) is 10.1. The maximum absolute atomic E-state index is 12.2. The van der Waals surface area contributed by atoms with Gasteiger partial charge in [-0.2, -0.15) is 5.10 Å².